The second-order valence-corrected chi connectivity index (χ2v) is 4.32. The zero-order valence-corrected chi connectivity index (χ0v) is 10.0. The van der Waals surface area contributed by atoms with E-state index in [-0.39, 0.29) is 19.1 Å². The number of anilines is 1. The standard InChI is InChI=1S/C8H12ClN3O2S/c1-10-6(14)3-12(2)8-11-7(9)5(4-13)15-8/h13H,3-4H2,1-2H3,(H,10,14). The Labute approximate surface area is 96.7 Å². The highest BCUT2D eigenvalue weighted by atomic mass is 35.5. The molecule has 0 saturated heterocycles. The van der Waals surface area contributed by atoms with Crippen molar-refractivity contribution in [2.45, 2.75) is 6.61 Å². The molecule has 1 aromatic rings. The quantitative estimate of drug-likeness (QED) is 0.814. The van der Waals surface area contributed by atoms with Crippen LogP contribution in [0, 0.1) is 0 Å². The summed E-state index contributed by atoms with van der Waals surface area (Å²) in [6.45, 7) is 0.0789. The molecule has 7 heteroatoms. The summed E-state index contributed by atoms with van der Waals surface area (Å²) in [5, 5.41) is 12.4. The lowest BCUT2D eigenvalue weighted by molar-refractivity contribution is -0.119. The van der Waals surface area contributed by atoms with Crippen molar-refractivity contribution in [1.82, 2.24) is 10.3 Å². The fraction of sp³-hybridized carbons (Fsp3) is 0.500. The van der Waals surface area contributed by atoms with Gasteiger partial charge in [0.1, 0.15) is 5.15 Å². The van der Waals surface area contributed by atoms with E-state index in [1.54, 1.807) is 19.0 Å². The second kappa shape index (κ2) is 5.29. The van der Waals surface area contributed by atoms with Gasteiger partial charge in [0.15, 0.2) is 5.13 Å². The van der Waals surface area contributed by atoms with Crippen molar-refractivity contribution in [2.75, 3.05) is 25.5 Å². The van der Waals surface area contributed by atoms with Crippen molar-refractivity contribution in [3.8, 4) is 0 Å². The van der Waals surface area contributed by atoms with E-state index in [0.717, 1.165) is 0 Å². The molecule has 0 aromatic carbocycles. The van der Waals surface area contributed by atoms with Gasteiger partial charge in [-0.1, -0.05) is 22.9 Å². The zero-order chi connectivity index (χ0) is 11.4. The first kappa shape index (κ1) is 12.2. The molecule has 0 fully saturated rings. The fourth-order valence-electron chi connectivity index (χ4n) is 0.944. The van der Waals surface area contributed by atoms with Gasteiger partial charge in [-0.15, -0.1) is 0 Å². The van der Waals surface area contributed by atoms with Gasteiger partial charge in [0.05, 0.1) is 18.0 Å². The first-order valence-electron chi connectivity index (χ1n) is 4.26. The molecule has 0 aliphatic carbocycles. The highest BCUT2D eigenvalue weighted by Gasteiger charge is 2.13. The lowest BCUT2D eigenvalue weighted by atomic mass is 10.5. The number of amides is 1. The molecule has 0 aliphatic rings. The maximum absolute atomic E-state index is 11.1. The lowest BCUT2D eigenvalue weighted by Crippen LogP contribution is -2.32. The van der Waals surface area contributed by atoms with E-state index in [4.69, 9.17) is 16.7 Å². The molecule has 2 N–H and O–H groups in total. The van der Waals surface area contributed by atoms with Crippen LogP contribution in [0.1, 0.15) is 4.88 Å². The summed E-state index contributed by atoms with van der Waals surface area (Å²) in [5.74, 6) is -0.102. The van der Waals surface area contributed by atoms with Crippen LogP contribution in [0.15, 0.2) is 0 Å². The summed E-state index contributed by atoms with van der Waals surface area (Å²) in [7, 11) is 3.32. The summed E-state index contributed by atoms with van der Waals surface area (Å²) in [6, 6.07) is 0. The minimum absolute atomic E-state index is 0.102. The van der Waals surface area contributed by atoms with E-state index < -0.39 is 0 Å². The average Bonchev–Trinajstić information content (AvgIpc) is 2.59. The molecule has 0 saturated carbocycles. The molecular weight excluding hydrogens is 238 g/mol. The van der Waals surface area contributed by atoms with Gasteiger partial charge in [-0.25, -0.2) is 4.98 Å². The highest BCUT2D eigenvalue weighted by Crippen LogP contribution is 2.28. The van der Waals surface area contributed by atoms with Crippen molar-refractivity contribution >= 4 is 34.0 Å². The van der Waals surface area contributed by atoms with Crippen molar-refractivity contribution in [3.63, 3.8) is 0 Å². The predicted molar refractivity (Wildman–Crippen MR) is 60.4 cm³/mol. The van der Waals surface area contributed by atoms with Gasteiger partial charge in [0, 0.05) is 14.1 Å². The number of nitrogens with zero attached hydrogens (tertiary/aromatic N) is 2. The van der Waals surface area contributed by atoms with Gasteiger partial charge in [-0.05, 0) is 0 Å². The van der Waals surface area contributed by atoms with Crippen LogP contribution in [0.4, 0.5) is 5.13 Å². The predicted octanol–water partition coefficient (Wildman–Crippen LogP) is 0.471. The molecule has 0 aliphatic heterocycles. The summed E-state index contributed by atoms with van der Waals surface area (Å²) in [4.78, 5) is 17.4. The Kier molecular flexibility index (Phi) is 4.31. The fourth-order valence-corrected chi connectivity index (χ4v) is 2.02. The maximum atomic E-state index is 11.1. The number of hydrogen-bond donors (Lipinski definition) is 2. The maximum Gasteiger partial charge on any atom is 0.239 e. The Balaban J connectivity index is 2.73. The molecule has 1 heterocycles. The number of thiazole rings is 1. The summed E-state index contributed by atoms with van der Waals surface area (Å²) in [6.07, 6.45) is 0. The van der Waals surface area contributed by atoms with Crippen LogP contribution in [-0.2, 0) is 11.4 Å². The number of nitrogens with one attached hydrogen (secondary N) is 1. The molecule has 1 rings (SSSR count). The first-order chi connectivity index (χ1) is 7.08. The lowest BCUT2D eigenvalue weighted by Gasteiger charge is -2.13. The SMILES string of the molecule is CNC(=O)CN(C)c1nc(Cl)c(CO)s1. The molecule has 0 bridgehead atoms. The van der Waals surface area contributed by atoms with E-state index in [1.165, 1.54) is 11.3 Å². The van der Waals surface area contributed by atoms with Gasteiger partial charge < -0.3 is 15.3 Å². The molecule has 0 spiro atoms. The molecule has 5 nitrogen and oxygen atoms in total. The highest BCUT2D eigenvalue weighted by molar-refractivity contribution is 7.16. The Hall–Kier alpha value is -0.850. The van der Waals surface area contributed by atoms with Crippen LogP contribution in [0.2, 0.25) is 5.15 Å². The van der Waals surface area contributed by atoms with Crippen molar-refractivity contribution in [2.24, 2.45) is 0 Å². The molecule has 0 radical (unpaired) electrons. The second-order valence-electron chi connectivity index (χ2n) is 2.90. The Bertz CT molecular complexity index is 356. The number of carbonyl (C=O) groups is 1. The van der Waals surface area contributed by atoms with Crippen molar-refractivity contribution in [1.29, 1.82) is 0 Å². The first-order valence-corrected chi connectivity index (χ1v) is 5.45. The molecule has 1 amide bonds. The van der Waals surface area contributed by atoms with Crippen molar-refractivity contribution < 1.29 is 9.90 Å². The number of aliphatic hydroxyl groups is 1. The van der Waals surface area contributed by atoms with Crippen LogP contribution in [-0.4, -0.2) is 36.6 Å². The number of hydrogen-bond acceptors (Lipinski definition) is 5. The Morgan fingerprint density at radius 2 is 2.40 bits per heavy atom. The van der Waals surface area contributed by atoms with Gasteiger partial charge in [-0.3, -0.25) is 4.79 Å². The Morgan fingerprint density at radius 3 is 2.87 bits per heavy atom. The van der Waals surface area contributed by atoms with Crippen LogP contribution in [0.25, 0.3) is 0 Å². The minimum Gasteiger partial charge on any atom is -0.391 e. The van der Waals surface area contributed by atoms with Crippen LogP contribution in [0.5, 0.6) is 0 Å². The monoisotopic (exact) mass is 249 g/mol. The molecule has 84 valence electrons. The number of likely N-dealkylation sites (N-methyl/N-ethyl adjacent to an activating group) is 2. The summed E-state index contributed by atoms with van der Waals surface area (Å²) in [5.41, 5.74) is 0. The van der Waals surface area contributed by atoms with Gasteiger partial charge in [0.25, 0.3) is 0 Å². The molecule has 1 aromatic heterocycles. The van der Waals surface area contributed by atoms with E-state index in [0.29, 0.717) is 15.2 Å². The molecular formula is C8H12ClN3O2S. The third kappa shape index (κ3) is 3.05. The smallest absolute Gasteiger partial charge is 0.239 e. The summed E-state index contributed by atoms with van der Waals surface area (Å²) < 4.78 is 0. The number of aliphatic hydroxyl groups excluding tert-OH is 1. The zero-order valence-electron chi connectivity index (χ0n) is 8.45. The normalized spacial score (nSPS) is 10.1. The number of aromatic nitrogens is 1. The molecule has 0 atom stereocenters. The number of halogens is 1. The Morgan fingerprint density at radius 1 is 1.73 bits per heavy atom. The number of rotatable bonds is 4. The molecule has 0 unspecified atom stereocenters. The van der Waals surface area contributed by atoms with E-state index in [9.17, 15) is 4.79 Å². The van der Waals surface area contributed by atoms with Gasteiger partial charge in [0.2, 0.25) is 5.91 Å². The van der Waals surface area contributed by atoms with Crippen LogP contribution in [0.3, 0.4) is 0 Å². The minimum atomic E-state index is -0.135. The van der Waals surface area contributed by atoms with Crippen LogP contribution < -0.4 is 10.2 Å². The summed E-state index contributed by atoms with van der Waals surface area (Å²) >= 11 is 7.04. The van der Waals surface area contributed by atoms with Crippen LogP contribution >= 0.6 is 22.9 Å². The van der Waals surface area contributed by atoms with Gasteiger partial charge >= 0.3 is 0 Å². The van der Waals surface area contributed by atoms with Gasteiger partial charge in [-0.2, -0.15) is 0 Å². The van der Waals surface area contributed by atoms with Crippen molar-refractivity contribution in [3.05, 3.63) is 10.0 Å². The van der Waals surface area contributed by atoms with E-state index in [1.807, 2.05) is 0 Å². The number of carbonyl (C=O) groups excluding carboxylic acids is 1. The van der Waals surface area contributed by atoms with E-state index >= 15 is 0 Å². The molecule has 15 heavy (non-hydrogen) atoms. The third-order valence-electron chi connectivity index (χ3n) is 1.77. The topological polar surface area (TPSA) is 65.5 Å². The van der Waals surface area contributed by atoms with E-state index in [2.05, 4.69) is 10.3 Å². The average molecular weight is 250 g/mol. The largest absolute Gasteiger partial charge is 0.391 e. The third-order valence-corrected chi connectivity index (χ3v) is 3.35.